The number of aromatic nitrogens is 3. The summed E-state index contributed by atoms with van der Waals surface area (Å²) in [7, 11) is 0. The summed E-state index contributed by atoms with van der Waals surface area (Å²) >= 11 is 0. The third kappa shape index (κ3) is 2.17. The molecule has 1 unspecified atom stereocenters. The fraction of sp³-hybridized carbons (Fsp3) is 0.167. The van der Waals surface area contributed by atoms with Gasteiger partial charge in [-0.15, -0.1) is 0 Å². The van der Waals surface area contributed by atoms with E-state index >= 15 is 0 Å². The van der Waals surface area contributed by atoms with Crippen molar-refractivity contribution >= 4 is 17.8 Å². The van der Waals surface area contributed by atoms with E-state index in [2.05, 4.69) is 20.5 Å². The molecule has 1 aromatic carbocycles. The maximum Gasteiger partial charge on any atom is 0.339 e. The third-order valence-corrected chi connectivity index (χ3v) is 2.84. The standard InChI is InChI=1S/C12H10N4O3/c17-10(15-12-13-6-14-16-12)9-5-7-3-1-2-4-8(7)11(18)19-9/h1-4,6,9H,5H2,(H2,13,14,15,16,17). The minimum Gasteiger partial charge on any atom is -0.448 e. The van der Waals surface area contributed by atoms with E-state index in [1.54, 1.807) is 12.1 Å². The Kier molecular flexibility index (Phi) is 2.71. The monoisotopic (exact) mass is 258 g/mol. The van der Waals surface area contributed by atoms with Gasteiger partial charge in [-0.25, -0.2) is 9.89 Å². The molecule has 1 aliphatic rings. The molecule has 19 heavy (non-hydrogen) atoms. The number of carbonyl (C=O) groups is 2. The lowest BCUT2D eigenvalue weighted by atomic mass is 9.98. The van der Waals surface area contributed by atoms with Gasteiger partial charge in [0.2, 0.25) is 5.95 Å². The van der Waals surface area contributed by atoms with Gasteiger partial charge in [0, 0.05) is 6.42 Å². The fourth-order valence-corrected chi connectivity index (χ4v) is 1.94. The first-order valence-electron chi connectivity index (χ1n) is 5.69. The molecule has 0 saturated heterocycles. The molecule has 1 amide bonds. The van der Waals surface area contributed by atoms with Crippen molar-refractivity contribution in [2.75, 3.05) is 5.32 Å². The van der Waals surface area contributed by atoms with Gasteiger partial charge < -0.3 is 4.74 Å². The zero-order chi connectivity index (χ0) is 13.2. The first kappa shape index (κ1) is 11.4. The normalized spacial score (nSPS) is 17.5. The summed E-state index contributed by atoms with van der Waals surface area (Å²) in [5.41, 5.74) is 1.31. The van der Waals surface area contributed by atoms with Crippen LogP contribution >= 0.6 is 0 Å². The maximum atomic E-state index is 11.9. The summed E-state index contributed by atoms with van der Waals surface area (Å²) in [6.45, 7) is 0. The van der Waals surface area contributed by atoms with Gasteiger partial charge in [-0.1, -0.05) is 18.2 Å². The van der Waals surface area contributed by atoms with Crippen molar-refractivity contribution in [2.24, 2.45) is 0 Å². The number of ether oxygens (including phenoxy) is 1. The molecule has 0 fully saturated rings. The fourth-order valence-electron chi connectivity index (χ4n) is 1.94. The Morgan fingerprint density at radius 2 is 2.26 bits per heavy atom. The highest BCUT2D eigenvalue weighted by Gasteiger charge is 2.31. The molecule has 96 valence electrons. The quantitative estimate of drug-likeness (QED) is 0.765. The van der Waals surface area contributed by atoms with E-state index in [0.29, 0.717) is 12.0 Å². The second-order valence-electron chi connectivity index (χ2n) is 4.08. The van der Waals surface area contributed by atoms with Crippen LogP contribution in [0.4, 0.5) is 5.95 Å². The number of aromatic amines is 1. The molecular weight excluding hydrogens is 248 g/mol. The van der Waals surface area contributed by atoms with Gasteiger partial charge in [-0.3, -0.25) is 10.1 Å². The van der Waals surface area contributed by atoms with Crippen LogP contribution < -0.4 is 5.32 Å². The number of nitrogens with one attached hydrogen (secondary N) is 2. The van der Waals surface area contributed by atoms with Gasteiger partial charge in [-0.2, -0.15) is 10.1 Å². The number of amides is 1. The Bertz CT molecular complexity index is 624. The predicted molar refractivity (Wildman–Crippen MR) is 64.4 cm³/mol. The van der Waals surface area contributed by atoms with Gasteiger partial charge in [0.25, 0.3) is 5.91 Å². The van der Waals surface area contributed by atoms with E-state index in [1.165, 1.54) is 6.33 Å². The zero-order valence-corrected chi connectivity index (χ0v) is 9.79. The minimum absolute atomic E-state index is 0.222. The number of rotatable bonds is 2. The maximum absolute atomic E-state index is 11.9. The average Bonchev–Trinajstić information content (AvgIpc) is 2.91. The number of carbonyl (C=O) groups excluding carboxylic acids is 2. The summed E-state index contributed by atoms with van der Waals surface area (Å²) in [6, 6.07) is 7.07. The van der Waals surface area contributed by atoms with E-state index < -0.39 is 18.0 Å². The SMILES string of the molecule is O=C1OC(C(=O)Nc2ncn[nH]2)Cc2ccccc21. The van der Waals surface area contributed by atoms with Crippen molar-refractivity contribution < 1.29 is 14.3 Å². The lowest BCUT2D eigenvalue weighted by Gasteiger charge is -2.23. The van der Waals surface area contributed by atoms with E-state index in [1.807, 2.05) is 12.1 Å². The summed E-state index contributed by atoms with van der Waals surface area (Å²) in [6.07, 6.45) is 0.771. The highest BCUT2D eigenvalue weighted by Crippen LogP contribution is 2.20. The number of cyclic esters (lactones) is 1. The van der Waals surface area contributed by atoms with Crippen LogP contribution in [0.15, 0.2) is 30.6 Å². The van der Waals surface area contributed by atoms with Crippen molar-refractivity contribution in [3.8, 4) is 0 Å². The number of anilines is 1. The van der Waals surface area contributed by atoms with Crippen LogP contribution in [0.2, 0.25) is 0 Å². The third-order valence-electron chi connectivity index (χ3n) is 2.84. The van der Waals surface area contributed by atoms with Crippen LogP contribution in [0.3, 0.4) is 0 Å². The first-order valence-corrected chi connectivity index (χ1v) is 5.69. The highest BCUT2D eigenvalue weighted by molar-refractivity contribution is 5.99. The average molecular weight is 258 g/mol. The molecule has 0 saturated carbocycles. The molecule has 1 atom stereocenters. The number of esters is 1. The lowest BCUT2D eigenvalue weighted by molar-refractivity contribution is -0.125. The van der Waals surface area contributed by atoms with E-state index in [4.69, 9.17) is 4.74 Å². The van der Waals surface area contributed by atoms with Gasteiger partial charge >= 0.3 is 5.97 Å². The largest absolute Gasteiger partial charge is 0.448 e. The van der Waals surface area contributed by atoms with Crippen molar-refractivity contribution in [3.63, 3.8) is 0 Å². The van der Waals surface area contributed by atoms with Crippen molar-refractivity contribution in [1.29, 1.82) is 0 Å². The Hall–Kier alpha value is -2.70. The summed E-state index contributed by atoms with van der Waals surface area (Å²) in [5.74, 6) is -0.695. The van der Waals surface area contributed by atoms with Crippen molar-refractivity contribution in [3.05, 3.63) is 41.7 Å². The second-order valence-corrected chi connectivity index (χ2v) is 4.08. The Morgan fingerprint density at radius 1 is 1.42 bits per heavy atom. The summed E-state index contributed by atoms with van der Waals surface area (Å²) < 4.78 is 5.11. The molecule has 2 N–H and O–H groups in total. The van der Waals surface area contributed by atoms with Crippen molar-refractivity contribution in [1.82, 2.24) is 15.2 Å². The smallest absolute Gasteiger partial charge is 0.339 e. The summed E-state index contributed by atoms with van der Waals surface area (Å²) in [4.78, 5) is 27.5. The lowest BCUT2D eigenvalue weighted by Crippen LogP contribution is -2.38. The first-order chi connectivity index (χ1) is 9.24. The minimum atomic E-state index is -0.854. The molecule has 2 aromatic rings. The topological polar surface area (TPSA) is 97.0 Å². The number of nitrogens with zero attached hydrogens (tertiary/aromatic N) is 2. The molecular formula is C12H10N4O3. The molecule has 0 radical (unpaired) electrons. The van der Waals surface area contributed by atoms with Gasteiger partial charge in [0.1, 0.15) is 6.33 Å². The van der Waals surface area contributed by atoms with E-state index in [9.17, 15) is 9.59 Å². The molecule has 2 heterocycles. The molecule has 0 bridgehead atoms. The molecule has 0 aliphatic carbocycles. The van der Waals surface area contributed by atoms with Crippen LogP contribution in [-0.2, 0) is 16.0 Å². The summed E-state index contributed by atoms with van der Waals surface area (Å²) in [5, 5.41) is 8.61. The van der Waals surface area contributed by atoms with Crippen LogP contribution in [0, 0.1) is 0 Å². The van der Waals surface area contributed by atoms with Crippen LogP contribution in [0.25, 0.3) is 0 Å². The van der Waals surface area contributed by atoms with Crippen LogP contribution in [0.5, 0.6) is 0 Å². The molecule has 7 nitrogen and oxygen atoms in total. The second kappa shape index (κ2) is 4.52. The van der Waals surface area contributed by atoms with Crippen LogP contribution in [-0.4, -0.2) is 33.2 Å². The van der Waals surface area contributed by atoms with E-state index in [0.717, 1.165) is 5.56 Å². The number of hydrogen-bond acceptors (Lipinski definition) is 5. The number of benzene rings is 1. The van der Waals surface area contributed by atoms with Gasteiger partial charge in [-0.05, 0) is 11.6 Å². The predicted octanol–water partition coefficient (Wildman–Crippen LogP) is 0.525. The Balaban J connectivity index is 1.78. The molecule has 1 aliphatic heterocycles. The Labute approximate surface area is 108 Å². The molecule has 1 aromatic heterocycles. The zero-order valence-electron chi connectivity index (χ0n) is 9.79. The number of H-pyrrole nitrogens is 1. The Morgan fingerprint density at radius 3 is 3.05 bits per heavy atom. The number of fused-ring (bicyclic) bond motifs is 1. The van der Waals surface area contributed by atoms with Crippen LogP contribution in [0.1, 0.15) is 15.9 Å². The molecule has 0 spiro atoms. The van der Waals surface area contributed by atoms with Gasteiger partial charge in [0.15, 0.2) is 6.10 Å². The molecule has 3 rings (SSSR count). The molecule has 7 heteroatoms. The van der Waals surface area contributed by atoms with Crippen molar-refractivity contribution in [2.45, 2.75) is 12.5 Å². The number of hydrogen-bond donors (Lipinski definition) is 2. The highest BCUT2D eigenvalue weighted by atomic mass is 16.5. The van der Waals surface area contributed by atoms with Gasteiger partial charge in [0.05, 0.1) is 5.56 Å². The van der Waals surface area contributed by atoms with E-state index in [-0.39, 0.29) is 5.95 Å².